The van der Waals surface area contributed by atoms with Gasteiger partial charge in [-0.3, -0.25) is 4.79 Å². The first kappa shape index (κ1) is 18.2. The molecule has 4 bridgehead atoms. The van der Waals surface area contributed by atoms with Crippen molar-refractivity contribution in [3.8, 4) is 0 Å². The summed E-state index contributed by atoms with van der Waals surface area (Å²) >= 11 is 6.52. The van der Waals surface area contributed by atoms with Gasteiger partial charge in [0.1, 0.15) is 5.65 Å². The van der Waals surface area contributed by atoms with Crippen molar-refractivity contribution in [2.45, 2.75) is 81.9 Å². The van der Waals surface area contributed by atoms with E-state index in [0.29, 0.717) is 36.3 Å². The maximum atomic E-state index is 13.4. The molecule has 1 amide bonds. The Hall–Kier alpha value is -1.59. The first-order valence-electron chi connectivity index (χ1n) is 11.2. The van der Waals surface area contributed by atoms with Crippen LogP contribution >= 0.6 is 11.6 Å². The van der Waals surface area contributed by atoms with Crippen LogP contribution in [-0.2, 0) is 4.79 Å². The number of nitrogens with zero attached hydrogens (tertiary/aromatic N) is 2. The van der Waals surface area contributed by atoms with Gasteiger partial charge in [-0.2, -0.15) is 0 Å². The molecule has 3 saturated carbocycles. The Morgan fingerprint density at radius 2 is 1.93 bits per heavy atom. The van der Waals surface area contributed by atoms with Gasteiger partial charge in [0, 0.05) is 36.3 Å². The fourth-order valence-corrected chi connectivity index (χ4v) is 6.94. The zero-order valence-electron chi connectivity index (χ0n) is 16.8. The summed E-state index contributed by atoms with van der Waals surface area (Å²) in [6.07, 6.45) is 10.4. The predicted molar refractivity (Wildman–Crippen MR) is 112 cm³/mol. The highest BCUT2D eigenvalue weighted by Gasteiger charge is 2.52. The topological polar surface area (TPSA) is 69.2 Å². The van der Waals surface area contributed by atoms with E-state index < -0.39 is 0 Å². The van der Waals surface area contributed by atoms with Crippen LogP contribution in [0.1, 0.15) is 74.8 Å². The van der Waals surface area contributed by atoms with Gasteiger partial charge in [0.2, 0.25) is 5.91 Å². The lowest BCUT2D eigenvalue weighted by molar-refractivity contribution is -0.163. The van der Waals surface area contributed by atoms with Crippen LogP contribution in [0.15, 0.2) is 12.4 Å². The number of aliphatic hydroxyl groups is 1. The number of carbonyl (C=O) groups excluding carboxylic acids is 1. The number of hydrogen-bond donors (Lipinski definition) is 2. The third-order valence-electron chi connectivity index (χ3n) is 8.06. The standard InChI is InChI=1S/C23H28ClN3O2/c1-11(17-9-25-23-21(17)20(12-2-3-12)18(24)10-26-23)4-19(28)27-15-5-13-6-16(27)8-14(7-15)22(13)29/h9-16,22,29H,2-8H2,1H3,(H,25,26). The summed E-state index contributed by atoms with van der Waals surface area (Å²) in [5, 5.41) is 12.3. The van der Waals surface area contributed by atoms with Gasteiger partial charge in [-0.15, -0.1) is 0 Å². The number of amides is 1. The van der Waals surface area contributed by atoms with E-state index >= 15 is 0 Å². The second-order valence-corrected chi connectivity index (χ2v) is 10.3. The highest BCUT2D eigenvalue weighted by Crippen LogP contribution is 2.50. The van der Waals surface area contributed by atoms with Gasteiger partial charge < -0.3 is 15.0 Å². The molecular formula is C23H28ClN3O2. The fraction of sp³-hybridized carbons (Fsp3) is 0.652. The van der Waals surface area contributed by atoms with E-state index in [1.807, 2.05) is 6.20 Å². The first-order chi connectivity index (χ1) is 14.0. The molecule has 3 aliphatic carbocycles. The summed E-state index contributed by atoms with van der Waals surface area (Å²) in [6.45, 7) is 2.15. The summed E-state index contributed by atoms with van der Waals surface area (Å²) in [4.78, 5) is 23.3. The number of rotatable bonds is 4. The van der Waals surface area contributed by atoms with E-state index in [1.54, 1.807) is 6.20 Å². The Morgan fingerprint density at radius 3 is 2.55 bits per heavy atom. The van der Waals surface area contributed by atoms with Crippen molar-refractivity contribution < 1.29 is 9.90 Å². The van der Waals surface area contributed by atoms with Gasteiger partial charge in [-0.05, 0) is 73.3 Å². The van der Waals surface area contributed by atoms with Crippen molar-refractivity contribution in [2.75, 3.05) is 0 Å². The van der Waals surface area contributed by atoms with Crippen LogP contribution in [0, 0.1) is 11.8 Å². The molecule has 5 aliphatic rings. The number of H-pyrrole nitrogens is 1. The summed E-state index contributed by atoms with van der Waals surface area (Å²) < 4.78 is 0. The van der Waals surface area contributed by atoms with Crippen LogP contribution in [0.4, 0.5) is 0 Å². The molecule has 0 radical (unpaired) electrons. The van der Waals surface area contributed by atoms with Gasteiger partial charge in [0.15, 0.2) is 0 Å². The summed E-state index contributed by atoms with van der Waals surface area (Å²) in [7, 11) is 0. The maximum absolute atomic E-state index is 13.4. The molecule has 5 fully saturated rings. The van der Waals surface area contributed by atoms with Crippen molar-refractivity contribution in [2.24, 2.45) is 11.8 Å². The highest BCUT2D eigenvalue weighted by molar-refractivity contribution is 6.32. The van der Waals surface area contributed by atoms with E-state index in [-0.39, 0.29) is 17.9 Å². The second-order valence-electron chi connectivity index (χ2n) is 9.93. The number of aromatic nitrogens is 2. The van der Waals surface area contributed by atoms with Crippen LogP contribution in [0.5, 0.6) is 0 Å². The van der Waals surface area contributed by atoms with Crippen molar-refractivity contribution in [3.63, 3.8) is 0 Å². The lowest BCUT2D eigenvalue weighted by Crippen LogP contribution is -2.64. The van der Waals surface area contributed by atoms with Gasteiger partial charge >= 0.3 is 0 Å². The average molecular weight is 414 g/mol. The largest absolute Gasteiger partial charge is 0.393 e. The quantitative estimate of drug-likeness (QED) is 0.782. The maximum Gasteiger partial charge on any atom is 0.223 e. The monoisotopic (exact) mass is 413 g/mol. The van der Waals surface area contributed by atoms with Crippen molar-refractivity contribution in [1.29, 1.82) is 0 Å². The van der Waals surface area contributed by atoms with Crippen molar-refractivity contribution in [1.82, 2.24) is 14.9 Å². The Kier molecular flexibility index (Phi) is 4.05. The van der Waals surface area contributed by atoms with Gasteiger partial charge in [0.25, 0.3) is 0 Å². The summed E-state index contributed by atoms with van der Waals surface area (Å²) in [6, 6.07) is 0.670. The zero-order valence-corrected chi connectivity index (χ0v) is 17.5. The molecule has 2 aromatic rings. The lowest BCUT2D eigenvalue weighted by atomic mass is 9.62. The smallest absolute Gasteiger partial charge is 0.223 e. The van der Waals surface area contributed by atoms with Gasteiger partial charge in [0.05, 0.1) is 11.1 Å². The predicted octanol–water partition coefficient (Wildman–Crippen LogP) is 4.35. The zero-order chi connectivity index (χ0) is 19.9. The van der Waals surface area contributed by atoms with Gasteiger partial charge in [-0.25, -0.2) is 4.98 Å². The van der Waals surface area contributed by atoms with E-state index in [0.717, 1.165) is 41.7 Å². The minimum atomic E-state index is -0.136. The second kappa shape index (κ2) is 6.45. The Labute approximate surface area is 175 Å². The molecule has 2 aliphatic heterocycles. The molecule has 2 saturated heterocycles. The molecule has 4 heterocycles. The van der Waals surface area contributed by atoms with Crippen molar-refractivity contribution >= 4 is 28.5 Å². The van der Waals surface area contributed by atoms with Crippen LogP contribution in [0.25, 0.3) is 11.0 Å². The molecule has 1 atom stereocenters. The van der Waals surface area contributed by atoms with Gasteiger partial charge in [-0.1, -0.05) is 18.5 Å². The Bertz CT molecular complexity index is 952. The molecule has 5 nitrogen and oxygen atoms in total. The number of halogens is 1. The van der Waals surface area contributed by atoms with Crippen molar-refractivity contribution in [3.05, 3.63) is 28.5 Å². The Balaban J connectivity index is 1.26. The number of fused-ring (bicyclic) bond motifs is 1. The number of aliphatic hydroxyl groups excluding tert-OH is 1. The molecule has 29 heavy (non-hydrogen) atoms. The summed E-state index contributed by atoms with van der Waals surface area (Å²) in [5.74, 6) is 1.74. The van der Waals surface area contributed by atoms with Crippen LogP contribution in [-0.4, -0.2) is 44.1 Å². The molecule has 6 heteroatoms. The van der Waals surface area contributed by atoms with Crippen LogP contribution < -0.4 is 0 Å². The SMILES string of the molecule is CC(CC(=O)N1C2CC3CC1CC(C2)C3O)c1c[nH]c2ncc(Cl)c(C3CC3)c12. The number of piperidine rings is 2. The molecule has 0 aromatic carbocycles. The van der Waals surface area contributed by atoms with Crippen LogP contribution in [0.2, 0.25) is 5.02 Å². The van der Waals surface area contributed by atoms with E-state index in [9.17, 15) is 9.90 Å². The number of hydrogen-bond acceptors (Lipinski definition) is 3. The minimum Gasteiger partial charge on any atom is -0.393 e. The number of nitrogens with one attached hydrogen (secondary N) is 1. The van der Waals surface area contributed by atoms with Crippen LogP contribution in [0.3, 0.4) is 0 Å². The van der Waals surface area contributed by atoms with E-state index in [1.165, 1.54) is 24.0 Å². The number of pyridine rings is 1. The molecule has 0 spiro atoms. The molecule has 2 aromatic heterocycles. The van der Waals surface area contributed by atoms with E-state index in [2.05, 4.69) is 21.8 Å². The Morgan fingerprint density at radius 1 is 1.28 bits per heavy atom. The van der Waals surface area contributed by atoms with E-state index in [4.69, 9.17) is 11.6 Å². The average Bonchev–Trinajstić information content (AvgIpc) is 3.42. The molecule has 7 rings (SSSR count). The highest BCUT2D eigenvalue weighted by atomic mass is 35.5. The molecule has 2 N–H and O–H groups in total. The third-order valence-corrected chi connectivity index (χ3v) is 8.36. The first-order valence-corrected chi connectivity index (χ1v) is 11.5. The number of carbonyl (C=O) groups is 1. The third kappa shape index (κ3) is 2.77. The normalized spacial score (nSPS) is 34.2. The number of aromatic amines is 1. The minimum absolute atomic E-state index is 0.122. The lowest BCUT2D eigenvalue weighted by Gasteiger charge is -2.58. The molecule has 154 valence electrons. The molecule has 1 unspecified atom stereocenters. The fourth-order valence-electron chi connectivity index (χ4n) is 6.64. The molecular weight excluding hydrogens is 386 g/mol. The summed E-state index contributed by atoms with van der Waals surface area (Å²) in [5.41, 5.74) is 3.27.